The van der Waals surface area contributed by atoms with Gasteiger partial charge < -0.3 is 5.11 Å². The number of carbonyl (C=O) groups is 1. The smallest absolute Gasteiger partial charge is 0.303 e. The topological polar surface area (TPSA) is 37.3 Å². The Hall–Kier alpha value is -1.57. The second-order valence-electron chi connectivity index (χ2n) is 5.37. The fourth-order valence-corrected chi connectivity index (χ4v) is 1.93. The van der Waals surface area contributed by atoms with E-state index in [1.54, 1.807) is 0 Å². The van der Waals surface area contributed by atoms with Crippen LogP contribution < -0.4 is 0 Å². The molecule has 2 nitrogen and oxygen atoms in total. The Kier molecular flexibility index (Phi) is 16.2. The SMILES string of the molecule is CCCCC/C=C/C/C=C/C/C=C\C/C=C\CCCC(=O)O. The third kappa shape index (κ3) is 18.4. The van der Waals surface area contributed by atoms with Gasteiger partial charge in [-0.3, -0.25) is 4.79 Å². The van der Waals surface area contributed by atoms with Gasteiger partial charge in [0.25, 0.3) is 0 Å². The zero-order chi connectivity index (χ0) is 16.3. The molecule has 2 heteroatoms. The highest BCUT2D eigenvalue weighted by atomic mass is 16.4. The predicted molar refractivity (Wildman–Crippen MR) is 96.0 cm³/mol. The molecule has 0 amide bonds. The van der Waals surface area contributed by atoms with E-state index < -0.39 is 5.97 Å². The summed E-state index contributed by atoms with van der Waals surface area (Å²) in [7, 11) is 0. The van der Waals surface area contributed by atoms with Crippen molar-refractivity contribution < 1.29 is 9.90 Å². The van der Waals surface area contributed by atoms with Crippen LogP contribution in [-0.2, 0) is 4.79 Å². The Bertz CT molecular complexity index is 362. The number of aliphatic carboxylic acids is 1. The van der Waals surface area contributed by atoms with Gasteiger partial charge in [-0.1, -0.05) is 68.4 Å². The monoisotopic (exact) mass is 304 g/mol. The number of rotatable bonds is 14. The van der Waals surface area contributed by atoms with E-state index in [1.165, 1.54) is 25.7 Å². The van der Waals surface area contributed by atoms with Crippen LogP contribution in [0.15, 0.2) is 48.6 Å². The highest BCUT2D eigenvalue weighted by molar-refractivity contribution is 5.66. The molecular formula is C20H32O2. The molecule has 0 aliphatic rings. The normalized spacial score (nSPS) is 12.4. The van der Waals surface area contributed by atoms with Gasteiger partial charge in [-0.25, -0.2) is 0 Å². The second-order valence-corrected chi connectivity index (χ2v) is 5.37. The maximum atomic E-state index is 10.3. The Morgan fingerprint density at radius 2 is 1.18 bits per heavy atom. The van der Waals surface area contributed by atoms with Crippen LogP contribution in [0.2, 0.25) is 0 Å². The molecule has 0 rings (SSSR count). The highest BCUT2D eigenvalue weighted by Crippen LogP contribution is 2.01. The number of allylic oxidation sites excluding steroid dienone is 8. The minimum atomic E-state index is -0.712. The molecule has 0 aliphatic carbocycles. The maximum absolute atomic E-state index is 10.3. The van der Waals surface area contributed by atoms with Crippen molar-refractivity contribution in [2.45, 2.75) is 71.1 Å². The summed E-state index contributed by atoms with van der Waals surface area (Å²) in [5.74, 6) is -0.712. The van der Waals surface area contributed by atoms with Gasteiger partial charge in [0, 0.05) is 6.42 Å². The molecule has 0 aliphatic heterocycles. The lowest BCUT2D eigenvalue weighted by Gasteiger charge is -1.90. The molecule has 0 atom stereocenters. The Balaban J connectivity index is 3.40. The van der Waals surface area contributed by atoms with E-state index in [0.717, 1.165) is 32.1 Å². The molecule has 0 heterocycles. The summed E-state index contributed by atoms with van der Waals surface area (Å²) in [6.07, 6.45) is 27.3. The lowest BCUT2D eigenvalue weighted by molar-refractivity contribution is -0.137. The average molecular weight is 304 g/mol. The van der Waals surface area contributed by atoms with Crippen molar-refractivity contribution in [2.75, 3.05) is 0 Å². The Morgan fingerprint density at radius 3 is 1.64 bits per heavy atom. The first-order chi connectivity index (χ1) is 10.8. The van der Waals surface area contributed by atoms with Gasteiger partial charge in [-0.2, -0.15) is 0 Å². The van der Waals surface area contributed by atoms with Gasteiger partial charge in [-0.05, 0) is 44.9 Å². The summed E-state index contributed by atoms with van der Waals surface area (Å²) in [6.45, 7) is 2.23. The third-order valence-corrected chi connectivity index (χ3v) is 3.22. The maximum Gasteiger partial charge on any atom is 0.303 e. The van der Waals surface area contributed by atoms with Gasteiger partial charge in [-0.15, -0.1) is 0 Å². The third-order valence-electron chi connectivity index (χ3n) is 3.22. The van der Waals surface area contributed by atoms with Gasteiger partial charge in [0.2, 0.25) is 0 Å². The molecule has 0 saturated carbocycles. The molecule has 0 aromatic rings. The lowest BCUT2D eigenvalue weighted by atomic mass is 10.2. The van der Waals surface area contributed by atoms with Crippen LogP contribution in [0.1, 0.15) is 71.1 Å². The van der Waals surface area contributed by atoms with Crippen LogP contribution in [0.4, 0.5) is 0 Å². The number of carboxylic acids is 1. The minimum Gasteiger partial charge on any atom is -0.481 e. The molecule has 0 spiro atoms. The van der Waals surface area contributed by atoms with Crippen molar-refractivity contribution in [3.8, 4) is 0 Å². The fourth-order valence-electron chi connectivity index (χ4n) is 1.93. The standard InChI is InChI=1S/C20H32O2/c1-2-3-4-5-6-7-8-9-10-11-12-13-14-15-16-17-18-19-20(21)22/h6-7,9-10,12-13,15-16H,2-5,8,11,14,17-19H2,1H3,(H,21,22)/b7-6+,10-9+,13-12-,16-15-. The molecule has 0 saturated heterocycles. The molecule has 124 valence electrons. The Labute approximate surface area is 136 Å². The molecular weight excluding hydrogens is 272 g/mol. The van der Waals surface area contributed by atoms with E-state index in [0.29, 0.717) is 0 Å². The summed E-state index contributed by atoms with van der Waals surface area (Å²) >= 11 is 0. The second kappa shape index (κ2) is 17.5. The van der Waals surface area contributed by atoms with Gasteiger partial charge >= 0.3 is 5.97 Å². The first kappa shape index (κ1) is 20.4. The Morgan fingerprint density at radius 1 is 0.727 bits per heavy atom. The summed E-state index contributed by atoms with van der Waals surface area (Å²) in [5.41, 5.74) is 0. The van der Waals surface area contributed by atoms with Crippen LogP contribution in [0, 0.1) is 0 Å². The summed E-state index contributed by atoms with van der Waals surface area (Å²) in [4.78, 5) is 10.3. The average Bonchev–Trinajstić information content (AvgIpc) is 2.50. The number of hydrogen-bond donors (Lipinski definition) is 1. The van der Waals surface area contributed by atoms with Crippen molar-refractivity contribution >= 4 is 5.97 Å². The van der Waals surface area contributed by atoms with Crippen molar-refractivity contribution in [1.82, 2.24) is 0 Å². The quantitative estimate of drug-likeness (QED) is 0.305. The molecule has 0 aromatic carbocycles. The van der Waals surface area contributed by atoms with Crippen molar-refractivity contribution in [2.24, 2.45) is 0 Å². The molecule has 1 N–H and O–H groups in total. The summed E-state index contributed by atoms with van der Waals surface area (Å²) in [5, 5.41) is 8.49. The number of carboxylic acid groups (broad SMARTS) is 1. The van der Waals surface area contributed by atoms with Crippen LogP contribution in [0.3, 0.4) is 0 Å². The minimum absolute atomic E-state index is 0.262. The molecule has 0 fully saturated rings. The molecule has 0 aromatic heterocycles. The molecule has 0 unspecified atom stereocenters. The van der Waals surface area contributed by atoms with E-state index in [2.05, 4.69) is 55.5 Å². The first-order valence-corrected chi connectivity index (χ1v) is 8.59. The molecule has 0 bridgehead atoms. The van der Waals surface area contributed by atoms with Crippen LogP contribution in [0.5, 0.6) is 0 Å². The zero-order valence-corrected chi connectivity index (χ0v) is 14.0. The van der Waals surface area contributed by atoms with E-state index in [4.69, 9.17) is 5.11 Å². The van der Waals surface area contributed by atoms with Gasteiger partial charge in [0.15, 0.2) is 0 Å². The number of hydrogen-bond acceptors (Lipinski definition) is 1. The molecule has 22 heavy (non-hydrogen) atoms. The van der Waals surface area contributed by atoms with Crippen LogP contribution in [0.25, 0.3) is 0 Å². The van der Waals surface area contributed by atoms with Gasteiger partial charge in [0.05, 0.1) is 0 Å². The van der Waals surface area contributed by atoms with E-state index >= 15 is 0 Å². The number of unbranched alkanes of at least 4 members (excludes halogenated alkanes) is 4. The van der Waals surface area contributed by atoms with Gasteiger partial charge in [0.1, 0.15) is 0 Å². The predicted octanol–water partition coefficient (Wildman–Crippen LogP) is 6.22. The van der Waals surface area contributed by atoms with Crippen molar-refractivity contribution in [3.63, 3.8) is 0 Å². The van der Waals surface area contributed by atoms with Crippen molar-refractivity contribution in [1.29, 1.82) is 0 Å². The largest absolute Gasteiger partial charge is 0.481 e. The van der Waals surface area contributed by atoms with E-state index in [-0.39, 0.29) is 6.42 Å². The zero-order valence-electron chi connectivity index (χ0n) is 14.0. The van der Waals surface area contributed by atoms with Crippen LogP contribution in [-0.4, -0.2) is 11.1 Å². The summed E-state index contributed by atoms with van der Waals surface area (Å²) in [6, 6.07) is 0. The van der Waals surface area contributed by atoms with Crippen molar-refractivity contribution in [3.05, 3.63) is 48.6 Å². The lowest BCUT2D eigenvalue weighted by Crippen LogP contribution is -1.92. The summed E-state index contributed by atoms with van der Waals surface area (Å²) < 4.78 is 0. The van der Waals surface area contributed by atoms with E-state index in [1.807, 2.05) is 0 Å². The van der Waals surface area contributed by atoms with E-state index in [9.17, 15) is 4.79 Å². The fraction of sp³-hybridized carbons (Fsp3) is 0.550. The highest BCUT2D eigenvalue weighted by Gasteiger charge is 1.92. The molecule has 0 radical (unpaired) electrons. The first-order valence-electron chi connectivity index (χ1n) is 8.59. The van der Waals surface area contributed by atoms with Crippen LogP contribution >= 0.6 is 0 Å².